The summed E-state index contributed by atoms with van der Waals surface area (Å²) < 4.78 is 11.3. The van der Waals surface area contributed by atoms with Crippen LogP contribution in [0.1, 0.15) is 11.1 Å². The van der Waals surface area contributed by atoms with Crippen LogP contribution in [-0.2, 0) is 6.61 Å². The van der Waals surface area contributed by atoms with Crippen LogP contribution in [0.25, 0.3) is 0 Å². The number of rotatable bonds is 5. The second kappa shape index (κ2) is 6.71. The normalized spacial score (nSPS) is 13.5. The van der Waals surface area contributed by atoms with E-state index in [0.29, 0.717) is 18.1 Å². The van der Waals surface area contributed by atoms with Gasteiger partial charge in [0.15, 0.2) is 11.5 Å². The Bertz CT molecular complexity index is 684. The number of amidine groups is 1. The van der Waals surface area contributed by atoms with Gasteiger partial charge >= 0.3 is 0 Å². The number of methoxy groups -OCH3 is 1. The summed E-state index contributed by atoms with van der Waals surface area (Å²) in [6, 6.07) is 13.4. The van der Waals surface area contributed by atoms with Gasteiger partial charge in [0.05, 0.1) is 13.7 Å². The first-order chi connectivity index (χ1) is 10.8. The lowest BCUT2D eigenvalue weighted by Crippen LogP contribution is -2.19. The van der Waals surface area contributed by atoms with E-state index in [9.17, 15) is 0 Å². The molecule has 0 aromatic heterocycles. The first-order valence-electron chi connectivity index (χ1n) is 7.10. The Morgan fingerprint density at radius 3 is 2.64 bits per heavy atom. The Labute approximate surface area is 134 Å². The number of hydrogen-bond acceptors (Lipinski definition) is 4. The highest BCUT2D eigenvalue weighted by Crippen LogP contribution is 2.29. The van der Waals surface area contributed by atoms with Crippen LogP contribution in [-0.4, -0.2) is 26.0 Å². The maximum absolute atomic E-state index is 5.88. The van der Waals surface area contributed by atoms with Crippen molar-refractivity contribution in [3.63, 3.8) is 0 Å². The zero-order valence-electron chi connectivity index (χ0n) is 12.3. The largest absolute Gasteiger partial charge is 0.493 e. The standard InChI is InChI=1S/C17H17ClN2O2/c1-21-16-10-13(17-19-8-9-20-17)4-7-15(16)22-11-12-2-5-14(18)6-3-12/h2-7,10H,8-9,11H2,1H3,(H,19,20). The molecule has 1 N–H and O–H groups in total. The van der Waals surface area contributed by atoms with E-state index in [-0.39, 0.29) is 0 Å². The molecule has 0 saturated heterocycles. The fraction of sp³-hybridized carbons (Fsp3) is 0.235. The Kier molecular flexibility index (Phi) is 4.49. The molecule has 3 rings (SSSR count). The molecule has 1 aliphatic rings. The van der Waals surface area contributed by atoms with E-state index >= 15 is 0 Å². The average Bonchev–Trinajstić information content (AvgIpc) is 3.08. The molecule has 0 bridgehead atoms. The average molecular weight is 317 g/mol. The SMILES string of the molecule is COc1cc(C2=NCCN2)ccc1OCc1ccc(Cl)cc1. The summed E-state index contributed by atoms with van der Waals surface area (Å²) in [6.07, 6.45) is 0. The highest BCUT2D eigenvalue weighted by Gasteiger charge is 2.12. The van der Waals surface area contributed by atoms with Gasteiger partial charge in [-0.15, -0.1) is 0 Å². The number of halogens is 1. The lowest BCUT2D eigenvalue weighted by molar-refractivity contribution is 0.284. The molecular formula is C17H17ClN2O2. The minimum Gasteiger partial charge on any atom is -0.493 e. The Morgan fingerprint density at radius 2 is 1.95 bits per heavy atom. The molecule has 0 aliphatic carbocycles. The van der Waals surface area contributed by atoms with Gasteiger partial charge in [-0.1, -0.05) is 23.7 Å². The first-order valence-corrected chi connectivity index (χ1v) is 7.48. The van der Waals surface area contributed by atoms with Crippen LogP contribution >= 0.6 is 11.6 Å². The van der Waals surface area contributed by atoms with Crippen molar-refractivity contribution in [1.82, 2.24) is 5.32 Å². The van der Waals surface area contributed by atoms with Gasteiger partial charge in [0.1, 0.15) is 12.4 Å². The van der Waals surface area contributed by atoms with Gasteiger partial charge in [-0.2, -0.15) is 0 Å². The van der Waals surface area contributed by atoms with Crippen molar-refractivity contribution in [3.05, 3.63) is 58.6 Å². The van der Waals surface area contributed by atoms with Gasteiger partial charge in [-0.3, -0.25) is 4.99 Å². The lowest BCUT2D eigenvalue weighted by Gasteiger charge is -2.12. The third-order valence-electron chi connectivity index (χ3n) is 3.42. The highest BCUT2D eigenvalue weighted by molar-refractivity contribution is 6.30. The second-order valence-corrected chi connectivity index (χ2v) is 5.37. The molecular weight excluding hydrogens is 300 g/mol. The van der Waals surface area contributed by atoms with Crippen LogP contribution in [0.5, 0.6) is 11.5 Å². The summed E-state index contributed by atoms with van der Waals surface area (Å²) in [5.41, 5.74) is 2.06. The number of nitrogens with zero attached hydrogens (tertiary/aromatic N) is 1. The lowest BCUT2D eigenvalue weighted by atomic mass is 10.2. The van der Waals surface area contributed by atoms with E-state index < -0.39 is 0 Å². The Morgan fingerprint density at radius 1 is 1.14 bits per heavy atom. The molecule has 4 nitrogen and oxygen atoms in total. The van der Waals surface area contributed by atoms with Crippen molar-refractivity contribution in [3.8, 4) is 11.5 Å². The Hall–Kier alpha value is -2.20. The monoisotopic (exact) mass is 316 g/mol. The smallest absolute Gasteiger partial charge is 0.161 e. The minimum absolute atomic E-state index is 0.464. The first kappa shape index (κ1) is 14.7. The number of ether oxygens (including phenoxy) is 2. The molecule has 1 aliphatic heterocycles. The topological polar surface area (TPSA) is 42.8 Å². The third-order valence-corrected chi connectivity index (χ3v) is 3.67. The van der Waals surface area contributed by atoms with Crippen molar-refractivity contribution in [2.45, 2.75) is 6.61 Å². The zero-order chi connectivity index (χ0) is 15.4. The highest BCUT2D eigenvalue weighted by atomic mass is 35.5. The van der Waals surface area contributed by atoms with Crippen molar-refractivity contribution in [2.24, 2.45) is 4.99 Å². The van der Waals surface area contributed by atoms with Crippen LogP contribution in [0, 0.1) is 0 Å². The molecule has 2 aromatic carbocycles. The fourth-order valence-corrected chi connectivity index (χ4v) is 2.39. The molecule has 0 saturated carbocycles. The molecule has 0 atom stereocenters. The molecule has 2 aromatic rings. The summed E-state index contributed by atoms with van der Waals surface area (Å²) in [4.78, 5) is 4.41. The summed E-state index contributed by atoms with van der Waals surface area (Å²) >= 11 is 5.88. The Balaban J connectivity index is 1.74. The maximum atomic E-state index is 5.88. The molecule has 0 fully saturated rings. The van der Waals surface area contributed by atoms with Gasteiger partial charge in [-0.05, 0) is 35.9 Å². The van der Waals surface area contributed by atoms with Crippen molar-refractivity contribution in [1.29, 1.82) is 0 Å². The van der Waals surface area contributed by atoms with E-state index in [2.05, 4.69) is 10.3 Å². The molecule has 1 heterocycles. The van der Waals surface area contributed by atoms with Crippen LogP contribution in [0.2, 0.25) is 5.02 Å². The number of aliphatic imine (C=N–C) groups is 1. The van der Waals surface area contributed by atoms with E-state index in [0.717, 1.165) is 35.1 Å². The van der Waals surface area contributed by atoms with Gasteiger partial charge in [0.25, 0.3) is 0 Å². The second-order valence-electron chi connectivity index (χ2n) is 4.94. The molecule has 5 heteroatoms. The van der Waals surface area contributed by atoms with E-state index in [1.54, 1.807) is 7.11 Å². The van der Waals surface area contributed by atoms with Crippen LogP contribution in [0.4, 0.5) is 0 Å². The van der Waals surface area contributed by atoms with Gasteiger partial charge in [-0.25, -0.2) is 0 Å². The molecule has 0 spiro atoms. The van der Waals surface area contributed by atoms with Gasteiger partial charge < -0.3 is 14.8 Å². The van der Waals surface area contributed by atoms with Crippen molar-refractivity contribution < 1.29 is 9.47 Å². The maximum Gasteiger partial charge on any atom is 0.161 e. The number of benzene rings is 2. The zero-order valence-corrected chi connectivity index (χ0v) is 13.1. The predicted octanol–water partition coefficient (Wildman–Crippen LogP) is 3.28. The molecule has 0 radical (unpaired) electrons. The van der Waals surface area contributed by atoms with E-state index in [1.165, 1.54) is 0 Å². The predicted molar refractivity (Wildman–Crippen MR) is 88.2 cm³/mol. The fourth-order valence-electron chi connectivity index (χ4n) is 2.27. The van der Waals surface area contributed by atoms with Gasteiger partial charge in [0.2, 0.25) is 0 Å². The number of nitrogens with one attached hydrogen (secondary N) is 1. The van der Waals surface area contributed by atoms with E-state index in [1.807, 2.05) is 42.5 Å². The summed E-state index contributed by atoms with van der Waals surface area (Å²) in [5.74, 6) is 2.31. The third kappa shape index (κ3) is 3.34. The number of hydrogen-bond donors (Lipinski definition) is 1. The van der Waals surface area contributed by atoms with E-state index in [4.69, 9.17) is 21.1 Å². The van der Waals surface area contributed by atoms with Crippen LogP contribution in [0.3, 0.4) is 0 Å². The van der Waals surface area contributed by atoms with Crippen LogP contribution < -0.4 is 14.8 Å². The summed E-state index contributed by atoms with van der Waals surface area (Å²) in [5, 5.41) is 3.97. The van der Waals surface area contributed by atoms with Gasteiger partial charge in [0, 0.05) is 17.1 Å². The van der Waals surface area contributed by atoms with Crippen molar-refractivity contribution >= 4 is 17.4 Å². The molecule has 22 heavy (non-hydrogen) atoms. The molecule has 0 unspecified atom stereocenters. The minimum atomic E-state index is 0.464. The molecule has 0 amide bonds. The summed E-state index contributed by atoms with van der Waals surface area (Å²) in [6.45, 7) is 2.16. The van der Waals surface area contributed by atoms with Crippen LogP contribution in [0.15, 0.2) is 47.5 Å². The summed E-state index contributed by atoms with van der Waals surface area (Å²) in [7, 11) is 1.64. The quantitative estimate of drug-likeness (QED) is 0.920. The van der Waals surface area contributed by atoms with Crippen molar-refractivity contribution in [2.75, 3.05) is 20.2 Å². The molecule has 114 valence electrons.